The van der Waals surface area contributed by atoms with Crippen LogP contribution in [0.5, 0.6) is 5.75 Å². The molecule has 1 heterocycles. The number of hydrogen-bond donors (Lipinski definition) is 1. The number of carboxylic acids is 1. The van der Waals surface area contributed by atoms with Gasteiger partial charge in [0, 0.05) is 24.3 Å². The largest absolute Gasteiger partial charge is 0.550 e. The standard InChI is InChI=1S/C10H13NO4/c1-7-5-8(12)6-9(13)11(7)4-2-3-10(14)15/h5-6,12H,2-4H2,1H3,(H,14,15)/p-1. The molecule has 0 spiro atoms. The van der Waals surface area contributed by atoms with Gasteiger partial charge >= 0.3 is 0 Å². The molecule has 0 aliphatic carbocycles. The maximum atomic E-state index is 11.4. The minimum Gasteiger partial charge on any atom is -0.550 e. The Bertz CT molecular complexity index is 422. The van der Waals surface area contributed by atoms with E-state index in [1.54, 1.807) is 6.92 Å². The van der Waals surface area contributed by atoms with Crippen molar-refractivity contribution in [1.29, 1.82) is 0 Å². The molecule has 1 aromatic heterocycles. The third-order valence-electron chi connectivity index (χ3n) is 2.08. The van der Waals surface area contributed by atoms with Gasteiger partial charge in [-0.15, -0.1) is 0 Å². The molecule has 1 N–H and O–H groups in total. The van der Waals surface area contributed by atoms with Crippen LogP contribution in [0.2, 0.25) is 0 Å². The molecule has 0 radical (unpaired) electrons. The van der Waals surface area contributed by atoms with Crippen molar-refractivity contribution in [1.82, 2.24) is 4.57 Å². The Kier molecular flexibility index (Phi) is 3.49. The Labute approximate surface area is 86.6 Å². The molecule has 0 aliphatic rings. The minimum absolute atomic E-state index is 0.0753. The highest BCUT2D eigenvalue weighted by atomic mass is 16.4. The van der Waals surface area contributed by atoms with Crippen LogP contribution >= 0.6 is 0 Å². The summed E-state index contributed by atoms with van der Waals surface area (Å²) < 4.78 is 1.42. The molecule has 5 nitrogen and oxygen atoms in total. The van der Waals surface area contributed by atoms with Crippen LogP contribution in [-0.2, 0) is 11.3 Å². The normalized spacial score (nSPS) is 10.2. The Morgan fingerprint density at radius 3 is 2.73 bits per heavy atom. The lowest BCUT2D eigenvalue weighted by molar-refractivity contribution is -0.305. The number of aromatic hydroxyl groups is 1. The number of aryl methyl sites for hydroxylation is 1. The van der Waals surface area contributed by atoms with Gasteiger partial charge in [-0.05, 0) is 25.8 Å². The second kappa shape index (κ2) is 4.63. The number of aromatic nitrogens is 1. The highest BCUT2D eigenvalue weighted by molar-refractivity contribution is 5.64. The molecule has 0 unspecified atom stereocenters. The number of pyridine rings is 1. The molecule has 0 saturated carbocycles. The maximum Gasteiger partial charge on any atom is 0.254 e. The summed E-state index contributed by atoms with van der Waals surface area (Å²) >= 11 is 0. The molecular weight excluding hydrogens is 198 g/mol. The molecule has 0 aromatic carbocycles. The van der Waals surface area contributed by atoms with E-state index in [1.807, 2.05) is 0 Å². The molecule has 82 valence electrons. The van der Waals surface area contributed by atoms with Gasteiger partial charge in [0.25, 0.3) is 5.56 Å². The van der Waals surface area contributed by atoms with Crippen molar-refractivity contribution in [3.63, 3.8) is 0 Å². The van der Waals surface area contributed by atoms with Gasteiger partial charge in [-0.1, -0.05) is 0 Å². The molecule has 5 heteroatoms. The van der Waals surface area contributed by atoms with E-state index in [-0.39, 0.29) is 17.7 Å². The Morgan fingerprint density at radius 2 is 2.20 bits per heavy atom. The second-order valence-corrected chi connectivity index (χ2v) is 3.32. The van der Waals surface area contributed by atoms with Gasteiger partial charge in [0.1, 0.15) is 5.75 Å². The summed E-state index contributed by atoms with van der Waals surface area (Å²) in [5.41, 5.74) is 0.282. The Hall–Kier alpha value is -1.78. The van der Waals surface area contributed by atoms with E-state index in [1.165, 1.54) is 10.6 Å². The summed E-state index contributed by atoms with van der Waals surface area (Å²) in [4.78, 5) is 21.6. The van der Waals surface area contributed by atoms with Crippen molar-refractivity contribution in [3.8, 4) is 5.75 Å². The van der Waals surface area contributed by atoms with Gasteiger partial charge in [-0.3, -0.25) is 4.79 Å². The first-order chi connectivity index (χ1) is 7.00. The van der Waals surface area contributed by atoms with E-state index in [0.29, 0.717) is 18.7 Å². The molecule has 0 fully saturated rings. The van der Waals surface area contributed by atoms with Crippen LogP contribution in [0.15, 0.2) is 16.9 Å². The minimum atomic E-state index is -1.13. The smallest absolute Gasteiger partial charge is 0.254 e. The van der Waals surface area contributed by atoms with E-state index < -0.39 is 5.97 Å². The number of aliphatic carboxylic acids is 1. The SMILES string of the molecule is Cc1cc(O)cc(=O)n1CCCC(=O)[O-]. The first-order valence-electron chi connectivity index (χ1n) is 4.61. The van der Waals surface area contributed by atoms with E-state index in [4.69, 9.17) is 5.11 Å². The van der Waals surface area contributed by atoms with Crippen molar-refractivity contribution < 1.29 is 15.0 Å². The zero-order valence-corrected chi connectivity index (χ0v) is 8.40. The Balaban J connectivity index is 2.77. The van der Waals surface area contributed by atoms with Gasteiger partial charge in [-0.25, -0.2) is 0 Å². The van der Waals surface area contributed by atoms with Crippen molar-refractivity contribution >= 4 is 5.97 Å². The van der Waals surface area contributed by atoms with Gasteiger partial charge in [0.2, 0.25) is 0 Å². The number of carboxylic acid groups (broad SMARTS) is 1. The van der Waals surface area contributed by atoms with Crippen molar-refractivity contribution in [3.05, 3.63) is 28.2 Å². The molecule has 0 atom stereocenters. The van der Waals surface area contributed by atoms with Crippen LogP contribution in [0.3, 0.4) is 0 Å². The van der Waals surface area contributed by atoms with Crippen LogP contribution in [0.1, 0.15) is 18.5 Å². The number of rotatable bonds is 4. The molecule has 0 amide bonds. The van der Waals surface area contributed by atoms with E-state index in [2.05, 4.69) is 0 Å². The molecule has 0 aliphatic heterocycles. The fourth-order valence-electron chi connectivity index (χ4n) is 1.38. The predicted octanol–water partition coefficient (Wildman–Crippen LogP) is -0.608. The zero-order chi connectivity index (χ0) is 11.4. The number of nitrogens with zero attached hydrogens (tertiary/aromatic N) is 1. The van der Waals surface area contributed by atoms with Crippen molar-refractivity contribution in [2.24, 2.45) is 0 Å². The van der Waals surface area contributed by atoms with Crippen LogP contribution in [0, 0.1) is 6.92 Å². The summed E-state index contributed by atoms with van der Waals surface area (Å²) in [6.45, 7) is 2.00. The maximum absolute atomic E-state index is 11.4. The first kappa shape index (κ1) is 11.3. The third kappa shape index (κ3) is 3.12. The average Bonchev–Trinajstić information content (AvgIpc) is 2.08. The molecule has 0 bridgehead atoms. The van der Waals surface area contributed by atoms with Crippen LogP contribution in [-0.4, -0.2) is 15.6 Å². The second-order valence-electron chi connectivity index (χ2n) is 3.32. The van der Waals surface area contributed by atoms with Gasteiger partial charge in [0.15, 0.2) is 0 Å². The molecule has 1 aromatic rings. The molecule has 0 saturated heterocycles. The zero-order valence-electron chi connectivity index (χ0n) is 8.40. The monoisotopic (exact) mass is 210 g/mol. The van der Waals surface area contributed by atoms with Crippen LogP contribution in [0.25, 0.3) is 0 Å². The van der Waals surface area contributed by atoms with E-state index in [0.717, 1.165) is 6.07 Å². The molecule has 1 rings (SSSR count). The summed E-state index contributed by atoms with van der Waals surface area (Å²) in [5.74, 6) is -1.20. The van der Waals surface area contributed by atoms with E-state index in [9.17, 15) is 14.7 Å². The number of carbonyl (C=O) groups is 1. The van der Waals surface area contributed by atoms with Crippen LogP contribution in [0.4, 0.5) is 0 Å². The van der Waals surface area contributed by atoms with Gasteiger partial charge < -0.3 is 19.6 Å². The lowest BCUT2D eigenvalue weighted by Gasteiger charge is -2.09. The summed E-state index contributed by atoms with van der Waals surface area (Å²) in [6, 6.07) is 2.56. The summed E-state index contributed by atoms with van der Waals surface area (Å²) in [6.07, 6.45) is 0.264. The first-order valence-corrected chi connectivity index (χ1v) is 4.61. The summed E-state index contributed by atoms with van der Waals surface area (Å²) in [5, 5.41) is 19.3. The van der Waals surface area contributed by atoms with Crippen LogP contribution < -0.4 is 10.7 Å². The van der Waals surface area contributed by atoms with Crippen molar-refractivity contribution in [2.75, 3.05) is 0 Å². The highest BCUT2D eigenvalue weighted by Gasteiger charge is 2.02. The third-order valence-corrected chi connectivity index (χ3v) is 2.08. The predicted molar refractivity (Wildman–Crippen MR) is 51.3 cm³/mol. The molecular formula is C10H12NO4-. The number of carbonyl (C=O) groups excluding carboxylic acids is 1. The van der Waals surface area contributed by atoms with Crippen molar-refractivity contribution in [2.45, 2.75) is 26.3 Å². The summed E-state index contributed by atoms with van der Waals surface area (Å²) in [7, 11) is 0. The topological polar surface area (TPSA) is 82.4 Å². The average molecular weight is 210 g/mol. The van der Waals surface area contributed by atoms with E-state index >= 15 is 0 Å². The van der Waals surface area contributed by atoms with Gasteiger partial charge in [-0.2, -0.15) is 0 Å². The Morgan fingerprint density at radius 1 is 1.53 bits per heavy atom. The fourth-order valence-corrected chi connectivity index (χ4v) is 1.38. The lowest BCUT2D eigenvalue weighted by Crippen LogP contribution is -2.25. The lowest BCUT2D eigenvalue weighted by atomic mass is 10.3. The number of hydrogen-bond acceptors (Lipinski definition) is 4. The highest BCUT2D eigenvalue weighted by Crippen LogP contribution is 2.07. The van der Waals surface area contributed by atoms with Gasteiger partial charge in [0.05, 0.1) is 0 Å². The fraction of sp³-hybridized carbons (Fsp3) is 0.400. The molecule has 15 heavy (non-hydrogen) atoms. The quantitative estimate of drug-likeness (QED) is 0.718.